The van der Waals surface area contributed by atoms with Gasteiger partial charge in [0.2, 0.25) is 0 Å². The summed E-state index contributed by atoms with van der Waals surface area (Å²) in [5, 5.41) is 3.03. The fourth-order valence-electron chi connectivity index (χ4n) is 2.40. The van der Waals surface area contributed by atoms with Crippen LogP contribution in [0.1, 0.15) is 55.5 Å². The summed E-state index contributed by atoms with van der Waals surface area (Å²) < 4.78 is 5.60. The monoisotopic (exact) mass is 311 g/mol. The molecule has 1 atom stereocenters. The highest BCUT2D eigenvalue weighted by atomic mass is 16.5. The Hall–Kier alpha value is -2.29. The van der Waals surface area contributed by atoms with E-state index in [1.165, 1.54) is 5.56 Å². The topological polar surface area (TPSA) is 38.3 Å². The minimum absolute atomic E-state index is 0.109. The van der Waals surface area contributed by atoms with Crippen LogP contribution in [0.3, 0.4) is 0 Å². The number of para-hydroxylation sites is 1. The maximum atomic E-state index is 12.5. The molecule has 1 amide bonds. The van der Waals surface area contributed by atoms with Crippen LogP contribution in [0.4, 0.5) is 5.69 Å². The number of carbonyl (C=O) groups excluding carboxylic acids is 1. The Bertz CT molecular complexity index is 652. The van der Waals surface area contributed by atoms with Crippen molar-refractivity contribution in [2.45, 2.75) is 39.5 Å². The van der Waals surface area contributed by atoms with Crippen LogP contribution in [-0.4, -0.2) is 12.5 Å². The summed E-state index contributed by atoms with van der Waals surface area (Å²) in [7, 11) is 0. The zero-order valence-electron chi connectivity index (χ0n) is 14.1. The SMILES string of the molecule is CCCOc1cccc(C(=O)Nc2ccccc2C(C)CC)c1. The standard InChI is InChI=1S/C20H25NO2/c1-4-13-23-17-10-8-9-16(14-17)20(22)21-19-12-7-6-11-18(19)15(3)5-2/h6-12,14-15H,4-5,13H2,1-3H3,(H,21,22). The zero-order valence-corrected chi connectivity index (χ0v) is 14.1. The van der Waals surface area contributed by atoms with Crippen LogP contribution in [0.2, 0.25) is 0 Å². The van der Waals surface area contributed by atoms with E-state index in [1.807, 2.05) is 30.3 Å². The Kier molecular flexibility index (Phi) is 6.21. The van der Waals surface area contributed by atoms with Gasteiger partial charge < -0.3 is 10.1 Å². The molecule has 0 saturated heterocycles. The van der Waals surface area contributed by atoms with Crippen molar-refractivity contribution < 1.29 is 9.53 Å². The van der Waals surface area contributed by atoms with E-state index >= 15 is 0 Å². The Morgan fingerprint density at radius 1 is 1.13 bits per heavy atom. The lowest BCUT2D eigenvalue weighted by atomic mass is 9.97. The van der Waals surface area contributed by atoms with Gasteiger partial charge in [0, 0.05) is 11.3 Å². The molecule has 0 aliphatic rings. The highest BCUT2D eigenvalue weighted by Gasteiger charge is 2.12. The predicted molar refractivity (Wildman–Crippen MR) is 95.3 cm³/mol. The normalized spacial score (nSPS) is 11.8. The minimum atomic E-state index is -0.109. The highest BCUT2D eigenvalue weighted by molar-refractivity contribution is 6.04. The number of carbonyl (C=O) groups is 1. The van der Waals surface area contributed by atoms with E-state index in [4.69, 9.17) is 4.74 Å². The first-order chi connectivity index (χ1) is 11.2. The molecule has 122 valence electrons. The summed E-state index contributed by atoms with van der Waals surface area (Å²) in [6.45, 7) is 7.03. The van der Waals surface area contributed by atoms with Crippen LogP contribution in [0.15, 0.2) is 48.5 Å². The summed E-state index contributed by atoms with van der Waals surface area (Å²) in [4.78, 5) is 12.5. The summed E-state index contributed by atoms with van der Waals surface area (Å²) in [6.07, 6.45) is 1.98. The molecule has 0 aliphatic heterocycles. The van der Waals surface area contributed by atoms with Crippen molar-refractivity contribution in [1.29, 1.82) is 0 Å². The van der Waals surface area contributed by atoms with Gasteiger partial charge in [-0.15, -0.1) is 0 Å². The molecule has 2 aromatic rings. The number of nitrogens with one attached hydrogen (secondary N) is 1. The molecule has 0 aromatic heterocycles. The van der Waals surface area contributed by atoms with E-state index in [9.17, 15) is 4.79 Å². The number of ether oxygens (including phenoxy) is 1. The van der Waals surface area contributed by atoms with Crippen molar-refractivity contribution in [2.24, 2.45) is 0 Å². The molecule has 0 radical (unpaired) electrons. The second-order valence-corrected chi connectivity index (χ2v) is 5.73. The van der Waals surface area contributed by atoms with Gasteiger partial charge in [0.15, 0.2) is 0 Å². The predicted octanol–water partition coefficient (Wildman–Crippen LogP) is 5.24. The van der Waals surface area contributed by atoms with Crippen LogP contribution >= 0.6 is 0 Å². The van der Waals surface area contributed by atoms with Gasteiger partial charge in [0.1, 0.15) is 5.75 Å². The fraction of sp³-hybridized carbons (Fsp3) is 0.350. The van der Waals surface area contributed by atoms with Gasteiger partial charge in [-0.2, -0.15) is 0 Å². The molecule has 3 nitrogen and oxygen atoms in total. The van der Waals surface area contributed by atoms with E-state index in [0.29, 0.717) is 18.1 Å². The largest absolute Gasteiger partial charge is 0.494 e. The smallest absolute Gasteiger partial charge is 0.255 e. The first-order valence-electron chi connectivity index (χ1n) is 8.28. The highest BCUT2D eigenvalue weighted by Crippen LogP contribution is 2.27. The number of amides is 1. The van der Waals surface area contributed by atoms with Crippen molar-refractivity contribution in [3.05, 3.63) is 59.7 Å². The Morgan fingerprint density at radius 3 is 2.65 bits per heavy atom. The van der Waals surface area contributed by atoms with Crippen molar-refractivity contribution >= 4 is 11.6 Å². The summed E-state index contributed by atoms with van der Waals surface area (Å²) in [5.74, 6) is 1.03. The summed E-state index contributed by atoms with van der Waals surface area (Å²) in [5.41, 5.74) is 2.66. The third-order valence-electron chi connectivity index (χ3n) is 3.92. The van der Waals surface area contributed by atoms with Crippen LogP contribution in [0.5, 0.6) is 5.75 Å². The van der Waals surface area contributed by atoms with Gasteiger partial charge >= 0.3 is 0 Å². The molecule has 0 spiro atoms. The molecule has 0 aliphatic carbocycles. The van der Waals surface area contributed by atoms with Crippen molar-refractivity contribution in [3.8, 4) is 5.75 Å². The van der Waals surface area contributed by atoms with E-state index in [1.54, 1.807) is 12.1 Å². The maximum Gasteiger partial charge on any atom is 0.255 e. The number of benzene rings is 2. The number of rotatable bonds is 7. The van der Waals surface area contributed by atoms with Crippen molar-refractivity contribution in [1.82, 2.24) is 0 Å². The molecular formula is C20H25NO2. The molecule has 3 heteroatoms. The lowest BCUT2D eigenvalue weighted by Gasteiger charge is -2.16. The van der Waals surface area contributed by atoms with Crippen LogP contribution in [0.25, 0.3) is 0 Å². The molecule has 0 fully saturated rings. The quantitative estimate of drug-likeness (QED) is 0.759. The Morgan fingerprint density at radius 2 is 1.91 bits per heavy atom. The maximum absolute atomic E-state index is 12.5. The Balaban J connectivity index is 2.16. The first kappa shape index (κ1) is 17.1. The van der Waals surface area contributed by atoms with Gasteiger partial charge in [-0.3, -0.25) is 4.79 Å². The number of hydrogen-bond donors (Lipinski definition) is 1. The van der Waals surface area contributed by atoms with E-state index < -0.39 is 0 Å². The number of hydrogen-bond acceptors (Lipinski definition) is 2. The van der Waals surface area contributed by atoms with Gasteiger partial charge in [0.25, 0.3) is 5.91 Å². The van der Waals surface area contributed by atoms with Crippen molar-refractivity contribution in [3.63, 3.8) is 0 Å². The zero-order chi connectivity index (χ0) is 16.7. The second-order valence-electron chi connectivity index (χ2n) is 5.73. The van der Waals surface area contributed by atoms with Gasteiger partial charge in [0.05, 0.1) is 6.61 Å². The van der Waals surface area contributed by atoms with E-state index in [0.717, 1.165) is 24.3 Å². The number of anilines is 1. The molecule has 1 N–H and O–H groups in total. The van der Waals surface area contributed by atoms with Crippen LogP contribution in [0, 0.1) is 0 Å². The fourth-order valence-corrected chi connectivity index (χ4v) is 2.40. The van der Waals surface area contributed by atoms with Gasteiger partial charge in [-0.1, -0.05) is 45.0 Å². The summed E-state index contributed by atoms with van der Waals surface area (Å²) in [6, 6.07) is 15.3. The average Bonchev–Trinajstić information content (AvgIpc) is 2.60. The third-order valence-corrected chi connectivity index (χ3v) is 3.92. The molecule has 23 heavy (non-hydrogen) atoms. The minimum Gasteiger partial charge on any atom is -0.494 e. The molecule has 0 saturated carbocycles. The third kappa shape index (κ3) is 4.59. The van der Waals surface area contributed by atoms with E-state index in [2.05, 4.69) is 32.2 Å². The molecule has 0 bridgehead atoms. The van der Waals surface area contributed by atoms with Crippen LogP contribution < -0.4 is 10.1 Å². The Labute approximate surface area is 138 Å². The summed E-state index contributed by atoms with van der Waals surface area (Å²) >= 11 is 0. The molecular weight excluding hydrogens is 286 g/mol. The lowest BCUT2D eigenvalue weighted by Crippen LogP contribution is -2.14. The van der Waals surface area contributed by atoms with Crippen molar-refractivity contribution in [2.75, 3.05) is 11.9 Å². The van der Waals surface area contributed by atoms with E-state index in [-0.39, 0.29) is 5.91 Å². The lowest BCUT2D eigenvalue weighted by molar-refractivity contribution is 0.102. The molecule has 2 rings (SSSR count). The molecule has 0 heterocycles. The van der Waals surface area contributed by atoms with Gasteiger partial charge in [-0.05, 0) is 48.6 Å². The first-order valence-corrected chi connectivity index (χ1v) is 8.28. The second kappa shape index (κ2) is 8.37. The average molecular weight is 311 g/mol. The van der Waals surface area contributed by atoms with Gasteiger partial charge in [-0.25, -0.2) is 0 Å². The molecule has 1 unspecified atom stereocenters. The molecule has 2 aromatic carbocycles. The van der Waals surface area contributed by atoms with Crippen LogP contribution in [-0.2, 0) is 0 Å².